The van der Waals surface area contributed by atoms with Crippen molar-refractivity contribution in [1.29, 1.82) is 0 Å². The zero-order valence-corrected chi connectivity index (χ0v) is 19.2. The van der Waals surface area contributed by atoms with Crippen molar-refractivity contribution in [1.82, 2.24) is 4.31 Å². The highest BCUT2D eigenvalue weighted by atomic mass is 35.5. The maximum absolute atomic E-state index is 12.8. The van der Waals surface area contributed by atoms with Crippen LogP contribution in [0.5, 0.6) is 0 Å². The van der Waals surface area contributed by atoms with E-state index in [0.29, 0.717) is 18.9 Å². The van der Waals surface area contributed by atoms with Gasteiger partial charge in [-0.05, 0) is 30.3 Å². The lowest BCUT2D eigenvalue weighted by molar-refractivity contribution is -0.119. The maximum Gasteiger partial charge on any atom is 0.340 e. The molecule has 2 aromatic carbocycles. The summed E-state index contributed by atoms with van der Waals surface area (Å²) in [6.07, 6.45) is 0. The zero-order valence-electron chi connectivity index (χ0n) is 17.6. The van der Waals surface area contributed by atoms with E-state index in [1.165, 1.54) is 28.6 Å². The Morgan fingerprint density at radius 2 is 1.85 bits per heavy atom. The summed E-state index contributed by atoms with van der Waals surface area (Å²) in [5.41, 5.74) is 0.744. The Morgan fingerprint density at radius 3 is 2.58 bits per heavy atom. The van der Waals surface area contributed by atoms with Crippen LogP contribution in [0.4, 0.5) is 11.4 Å². The summed E-state index contributed by atoms with van der Waals surface area (Å²) < 4.78 is 37.2. The van der Waals surface area contributed by atoms with E-state index in [9.17, 15) is 18.0 Å². The first kappa shape index (κ1) is 24.9. The number of rotatable bonds is 9. The molecular formula is C21H24ClN3O7S. The largest absolute Gasteiger partial charge is 0.452 e. The highest BCUT2D eigenvalue weighted by Crippen LogP contribution is 2.27. The third-order valence-corrected chi connectivity index (χ3v) is 6.95. The van der Waals surface area contributed by atoms with Gasteiger partial charge >= 0.3 is 5.97 Å². The second-order valence-corrected chi connectivity index (χ2v) is 9.32. The lowest BCUT2D eigenvalue weighted by Crippen LogP contribution is -2.40. The molecule has 1 aliphatic rings. The monoisotopic (exact) mass is 497 g/mol. The molecule has 10 nitrogen and oxygen atoms in total. The van der Waals surface area contributed by atoms with Crippen molar-refractivity contribution in [3.8, 4) is 0 Å². The molecule has 1 saturated heterocycles. The highest BCUT2D eigenvalue weighted by Gasteiger charge is 2.27. The molecule has 3 rings (SSSR count). The van der Waals surface area contributed by atoms with Gasteiger partial charge in [-0.25, -0.2) is 13.2 Å². The van der Waals surface area contributed by atoms with E-state index in [1.807, 2.05) is 0 Å². The summed E-state index contributed by atoms with van der Waals surface area (Å²) in [7, 11) is -3.78. The summed E-state index contributed by atoms with van der Waals surface area (Å²) >= 11 is 6.12. The number of hydrogen-bond donors (Lipinski definition) is 3. The van der Waals surface area contributed by atoms with Gasteiger partial charge in [-0.2, -0.15) is 4.31 Å². The van der Waals surface area contributed by atoms with Crippen LogP contribution in [0.15, 0.2) is 47.4 Å². The average molecular weight is 498 g/mol. The number of sulfonamides is 1. The quantitative estimate of drug-likeness (QED) is 0.444. The molecule has 0 aromatic heterocycles. The zero-order chi connectivity index (χ0) is 23.8. The van der Waals surface area contributed by atoms with Crippen molar-refractivity contribution in [3.63, 3.8) is 0 Å². The first-order valence-corrected chi connectivity index (χ1v) is 11.9. The molecule has 1 aliphatic heterocycles. The number of nitrogens with zero attached hydrogens (tertiary/aromatic N) is 1. The first-order chi connectivity index (χ1) is 15.8. The molecule has 1 fully saturated rings. The summed E-state index contributed by atoms with van der Waals surface area (Å²) in [6.45, 7) is 0.596. The molecule has 0 saturated carbocycles. The molecule has 12 heteroatoms. The lowest BCUT2D eigenvalue weighted by atomic mass is 10.2. The molecule has 0 spiro atoms. The Bertz CT molecular complexity index is 1100. The fourth-order valence-corrected chi connectivity index (χ4v) is 4.70. The van der Waals surface area contributed by atoms with Crippen molar-refractivity contribution in [3.05, 3.63) is 53.1 Å². The summed E-state index contributed by atoms with van der Waals surface area (Å²) in [5.74, 6) is -1.42. The minimum absolute atomic E-state index is 0.0232. The number of anilines is 2. The molecule has 0 bridgehead atoms. The van der Waals surface area contributed by atoms with Crippen LogP contribution in [0.2, 0.25) is 5.02 Å². The number of ether oxygens (including phenoxy) is 2. The van der Waals surface area contributed by atoms with E-state index in [0.717, 1.165) is 0 Å². The molecular weight excluding hydrogens is 474 g/mol. The number of esters is 1. The molecule has 1 amide bonds. The number of amides is 1. The van der Waals surface area contributed by atoms with E-state index < -0.39 is 28.5 Å². The topological polar surface area (TPSA) is 134 Å². The average Bonchev–Trinajstić information content (AvgIpc) is 2.83. The van der Waals surface area contributed by atoms with E-state index in [-0.39, 0.29) is 47.4 Å². The molecule has 3 N–H and O–H groups in total. The Kier molecular flexibility index (Phi) is 8.64. The van der Waals surface area contributed by atoms with Crippen LogP contribution in [-0.2, 0) is 24.3 Å². The van der Waals surface area contributed by atoms with Gasteiger partial charge in [-0.1, -0.05) is 23.7 Å². The number of aliphatic hydroxyl groups is 1. The van der Waals surface area contributed by atoms with Gasteiger partial charge in [0.05, 0.1) is 41.0 Å². The number of hydrogen-bond acceptors (Lipinski definition) is 8. The van der Waals surface area contributed by atoms with Gasteiger partial charge < -0.3 is 25.2 Å². The van der Waals surface area contributed by atoms with Gasteiger partial charge in [0.1, 0.15) is 0 Å². The highest BCUT2D eigenvalue weighted by molar-refractivity contribution is 7.89. The fraction of sp³-hybridized carbons (Fsp3) is 0.333. The standard InChI is InChI=1S/C21H24ClN3O7S/c22-17-6-5-15(33(29,30)25-8-11-31-12-9-25)13-19(17)24-20(27)14-32-21(28)16-3-1-2-4-18(16)23-7-10-26/h1-6,13,23,26H,7-12,14H2,(H,24,27). The van der Waals surface area contributed by atoms with Gasteiger partial charge in [-0.3, -0.25) is 4.79 Å². The minimum atomic E-state index is -3.78. The van der Waals surface area contributed by atoms with Gasteiger partial charge in [-0.15, -0.1) is 0 Å². The van der Waals surface area contributed by atoms with E-state index >= 15 is 0 Å². The normalized spacial score (nSPS) is 14.5. The van der Waals surface area contributed by atoms with Gasteiger partial charge in [0.15, 0.2) is 6.61 Å². The van der Waals surface area contributed by atoms with Gasteiger partial charge in [0, 0.05) is 25.3 Å². The van der Waals surface area contributed by atoms with Crippen LogP contribution in [0.3, 0.4) is 0 Å². The number of carbonyl (C=O) groups is 2. The summed E-state index contributed by atoms with van der Waals surface area (Å²) in [6, 6.07) is 10.5. The second kappa shape index (κ2) is 11.4. The van der Waals surface area contributed by atoms with Crippen molar-refractivity contribution >= 4 is 44.9 Å². The predicted octanol–water partition coefficient (Wildman–Crippen LogP) is 1.56. The number of halogens is 1. The van der Waals surface area contributed by atoms with Crippen molar-refractivity contribution < 1.29 is 32.6 Å². The molecule has 0 aliphatic carbocycles. The van der Waals surface area contributed by atoms with Crippen molar-refractivity contribution in [2.75, 3.05) is 56.7 Å². The van der Waals surface area contributed by atoms with Gasteiger partial charge in [0.25, 0.3) is 5.91 Å². The van der Waals surface area contributed by atoms with Crippen molar-refractivity contribution in [2.45, 2.75) is 4.90 Å². The lowest BCUT2D eigenvalue weighted by Gasteiger charge is -2.26. The second-order valence-electron chi connectivity index (χ2n) is 6.98. The van der Waals surface area contributed by atoms with E-state index in [2.05, 4.69) is 10.6 Å². The number of nitrogens with one attached hydrogen (secondary N) is 2. The Hall–Kier alpha value is -2.70. The molecule has 0 unspecified atom stereocenters. The number of aliphatic hydroxyl groups excluding tert-OH is 1. The molecule has 178 valence electrons. The van der Waals surface area contributed by atoms with Crippen LogP contribution in [0.25, 0.3) is 0 Å². The van der Waals surface area contributed by atoms with Crippen LogP contribution < -0.4 is 10.6 Å². The van der Waals surface area contributed by atoms with E-state index in [1.54, 1.807) is 18.2 Å². The van der Waals surface area contributed by atoms with Crippen LogP contribution in [-0.4, -0.2) is 75.8 Å². The minimum Gasteiger partial charge on any atom is -0.452 e. The number of para-hydroxylation sites is 1. The van der Waals surface area contributed by atoms with Crippen LogP contribution in [0.1, 0.15) is 10.4 Å². The van der Waals surface area contributed by atoms with Gasteiger partial charge in [0.2, 0.25) is 10.0 Å². The fourth-order valence-electron chi connectivity index (χ4n) is 3.10. The molecule has 2 aromatic rings. The SMILES string of the molecule is O=C(COC(=O)c1ccccc1NCCO)Nc1cc(S(=O)(=O)N2CCOCC2)ccc1Cl. The molecule has 1 heterocycles. The Labute approximate surface area is 196 Å². The smallest absolute Gasteiger partial charge is 0.340 e. The van der Waals surface area contributed by atoms with Crippen molar-refractivity contribution in [2.24, 2.45) is 0 Å². The van der Waals surface area contributed by atoms with E-state index in [4.69, 9.17) is 26.2 Å². The molecule has 33 heavy (non-hydrogen) atoms. The third kappa shape index (κ3) is 6.42. The summed E-state index contributed by atoms with van der Waals surface area (Å²) in [4.78, 5) is 24.7. The number of morpholine rings is 1. The van der Waals surface area contributed by atoms with Crippen LogP contribution >= 0.6 is 11.6 Å². The maximum atomic E-state index is 12.8. The summed E-state index contributed by atoms with van der Waals surface area (Å²) in [5, 5.41) is 14.5. The molecule has 0 radical (unpaired) electrons. The molecule has 0 atom stereocenters. The first-order valence-electron chi connectivity index (χ1n) is 10.1. The number of benzene rings is 2. The third-order valence-electron chi connectivity index (χ3n) is 4.73. The predicted molar refractivity (Wildman–Crippen MR) is 122 cm³/mol. The Morgan fingerprint density at radius 1 is 1.12 bits per heavy atom. The number of carbonyl (C=O) groups excluding carboxylic acids is 2. The van der Waals surface area contributed by atoms with Crippen LogP contribution in [0, 0.1) is 0 Å². The Balaban J connectivity index is 1.65.